The molecule has 10 heteroatoms. The van der Waals surface area contributed by atoms with E-state index < -0.39 is 0 Å². The highest BCUT2D eigenvalue weighted by Gasteiger charge is 2.19. The molecule has 0 unspecified atom stereocenters. The summed E-state index contributed by atoms with van der Waals surface area (Å²) >= 11 is 7.24. The van der Waals surface area contributed by atoms with Crippen LogP contribution in [0.25, 0.3) is 5.82 Å². The van der Waals surface area contributed by atoms with Crippen molar-refractivity contribution in [3.05, 3.63) is 70.0 Å². The van der Waals surface area contributed by atoms with E-state index in [0.29, 0.717) is 39.0 Å². The van der Waals surface area contributed by atoms with Crippen LogP contribution in [0.1, 0.15) is 33.4 Å². The first-order valence-electron chi connectivity index (χ1n) is 9.40. The fourth-order valence-electron chi connectivity index (χ4n) is 3.12. The maximum atomic E-state index is 12.8. The van der Waals surface area contributed by atoms with Crippen LogP contribution in [0.5, 0.6) is 5.75 Å². The van der Waals surface area contributed by atoms with Crippen LogP contribution in [-0.4, -0.2) is 31.5 Å². The van der Waals surface area contributed by atoms with Crippen molar-refractivity contribution >= 4 is 29.1 Å². The summed E-state index contributed by atoms with van der Waals surface area (Å²) in [6.45, 7) is 5.71. The molecule has 0 spiro atoms. The lowest BCUT2D eigenvalue weighted by atomic mass is 10.2. The number of aromatic nitrogens is 4. The molecule has 0 atom stereocenters. The fourth-order valence-corrected chi connectivity index (χ4v) is 3.97. The molecule has 0 amide bonds. The molecule has 8 nitrogen and oxygen atoms in total. The minimum absolute atomic E-state index is 0.0448. The highest BCUT2D eigenvalue weighted by atomic mass is 35.5. The molecule has 160 valence electrons. The minimum atomic E-state index is -0.0448. The molecule has 0 aliphatic carbocycles. The summed E-state index contributed by atoms with van der Waals surface area (Å²) in [6.07, 6.45) is 0. The number of Topliss-reactive ketones (excluding diaryl/α,β-unsaturated/α-hetero) is 1. The summed E-state index contributed by atoms with van der Waals surface area (Å²) in [4.78, 5) is 12.8. The predicted molar refractivity (Wildman–Crippen MR) is 115 cm³/mol. The predicted octanol–water partition coefficient (Wildman–Crippen LogP) is 4.98. The first-order valence-corrected chi connectivity index (χ1v) is 10.8. The topological polar surface area (TPSA) is 96.2 Å². The van der Waals surface area contributed by atoms with E-state index in [1.54, 1.807) is 12.1 Å². The van der Waals surface area contributed by atoms with Gasteiger partial charge in [-0.25, -0.2) is 0 Å². The van der Waals surface area contributed by atoms with E-state index in [0.717, 1.165) is 11.4 Å². The summed E-state index contributed by atoms with van der Waals surface area (Å²) in [7, 11) is 0. The number of benzene rings is 1. The largest absolute Gasteiger partial charge is 0.482 e. The molecule has 3 aromatic heterocycles. The van der Waals surface area contributed by atoms with Gasteiger partial charge in [0.2, 0.25) is 0 Å². The highest BCUT2D eigenvalue weighted by molar-refractivity contribution is 7.99. The van der Waals surface area contributed by atoms with Crippen molar-refractivity contribution in [2.75, 3.05) is 5.75 Å². The number of carbonyl (C=O) groups excluding carboxylic acids is 1. The smallest absolute Gasteiger partial charge is 0.277 e. The monoisotopic (exact) mass is 458 g/mol. The molecule has 0 N–H and O–H groups in total. The number of para-hydroxylation sites is 1. The second-order valence-electron chi connectivity index (χ2n) is 6.81. The summed E-state index contributed by atoms with van der Waals surface area (Å²) < 4.78 is 18.2. The van der Waals surface area contributed by atoms with Crippen LogP contribution in [0.3, 0.4) is 0 Å². The van der Waals surface area contributed by atoms with Gasteiger partial charge in [-0.1, -0.05) is 40.7 Å². The number of hydrogen-bond donors (Lipinski definition) is 0. The SMILES string of the molecule is Cc1cc(-n2c(C)cc(C(=O)CSc3nnc(COc4ccccc4Cl)o3)c2C)no1. The Balaban J connectivity index is 1.38. The first kappa shape index (κ1) is 21.2. The van der Waals surface area contributed by atoms with Crippen molar-refractivity contribution in [2.24, 2.45) is 0 Å². The molecule has 1 aromatic carbocycles. The zero-order valence-electron chi connectivity index (χ0n) is 17.1. The maximum absolute atomic E-state index is 12.8. The molecule has 0 radical (unpaired) electrons. The lowest BCUT2D eigenvalue weighted by Gasteiger charge is -2.05. The molecule has 4 aromatic rings. The molecule has 0 aliphatic heterocycles. The van der Waals surface area contributed by atoms with Gasteiger partial charge in [-0.05, 0) is 39.0 Å². The van der Waals surface area contributed by atoms with E-state index in [9.17, 15) is 4.79 Å². The molecule has 0 bridgehead atoms. The summed E-state index contributed by atoms with van der Waals surface area (Å²) in [5.74, 6) is 2.31. The zero-order valence-corrected chi connectivity index (χ0v) is 18.7. The maximum Gasteiger partial charge on any atom is 0.277 e. The van der Waals surface area contributed by atoms with E-state index in [-0.39, 0.29) is 18.1 Å². The van der Waals surface area contributed by atoms with E-state index in [1.165, 1.54) is 11.8 Å². The lowest BCUT2D eigenvalue weighted by molar-refractivity contribution is 0.102. The molecule has 4 rings (SSSR count). The van der Waals surface area contributed by atoms with Gasteiger partial charge in [-0.3, -0.25) is 9.36 Å². The van der Waals surface area contributed by atoms with Crippen molar-refractivity contribution in [3.8, 4) is 11.6 Å². The number of aryl methyl sites for hydroxylation is 2. The third-order valence-corrected chi connectivity index (χ3v) is 5.67. The quantitative estimate of drug-likeness (QED) is 0.269. The number of halogens is 1. The molecule has 31 heavy (non-hydrogen) atoms. The van der Waals surface area contributed by atoms with Crippen LogP contribution in [0.4, 0.5) is 0 Å². The van der Waals surface area contributed by atoms with Gasteiger partial charge in [0, 0.05) is 23.0 Å². The second kappa shape index (κ2) is 8.99. The fraction of sp³-hybridized carbons (Fsp3) is 0.238. The number of nitrogens with zero attached hydrogens (tertiary/aromatic N) is 4. The van der Waals surface area contributed by atoms with Crippen LogP contribution in [0.15, 0.2) is 50.6 Å². The summed E-state index contributed by atoms with van der Waals surface area (Å²) in [5, 5.41) is 12.8. The number of ether oxygens (including phenoxy) is 1. The number of rotatable bonds is 8. The Morgan fingerprint density at radius 1 is 1.19 bits per heavy atom. The van der Waals surface area contributed by atoms with E-state index >= 15 is 0 Å². The van der Waals surface area contributed by atoms with E-state index in [1.807, 2.05) is 49.6 Å². The molecule has 0 saturated heterocycles. The zero-order chi connectivity index (χ0) is 22.0. The van der Waals surface area contributed by atoms with Gasteiger partial charge in [0.15, 0.2) is 18.2 Å². The van der Waals surface area contributed by atoms with Crippen LogP contribution in [0, 0.1) is 20.8 Å². The normalized spacial score (nSPS) is 11.1. The molecule has 0 saturated carbocycles. The number of carbonyl (C=O) groups is 1. The Bertz CT molecular complexity index is 1230. The second-order valence-corrected chi connectivity index (χ2v) is 8.14. The highest BCUT2D eigenvalue weighted by Crippen LogP contribution is 2.26. The molecular formula is C21H19ClN4O4S. The van der Waals surface area contributed by atoms with Gasteiger partial charge in [0.05, 0.1) is 10.8 Å². The number of thioether (sulfide) groups is 1. The minimum Gasteiger partial charge on any atom is -0.482 e. The summed E-state index contributed by atoms with van der Waals surface area (Å²) in [6, 6.07) is 10.8. The Kier molecular flexibility index (Phi) is 6.15. The standard InChI is InChI=1S/C21H19ClN4O4S/c1-12-8-15(14(3)26(12)19-9-13(2)30-25-19)17(27)11-31-21-24-23-20(29-21)10-28-18-7-5-4-6-16(18)22/h4-9H,10-11H2,1-3H3. The van der Waals surface area contributed by atoms with Gasteiger partial charge >= 0.3 is 0 Å². The average molecular weight is 459 g/mol. The Labute approximate surface area is 187 Å². The van der Waals surface area contributed by atoms with Crippen LogP contribution < -0.4 is 4.74 Å². The van der Waals surface area contributed by atoms with Gasteiger partial charge in [0.1, 0.15) is 11.5 Å². The lowest BCUT2D eigenvalue weighted by Crippen LogP contribution is -2.05. The van der Waals surface area contributed by atoms with Crippen LogP contribution in [0.2, 0.25) is 5.02 Å². The van der Waals surface area contributed by atoms with Crippen molar-refractivity contribution in [1.29, 1.82) is 0 Å². The Hall–Kier alpha value is -3.04. The van der Waals surface area contributed by atoms with Crippen molar-refractivity contribution in [2.45, 2.75) is 32.6 Å². The van der Waals surface area contributed by atoms with Gasteiger partial charge in [-0.2, -0.15) is 0 Å². The van der Waals surface area contributed by atoms with Gasteiger partial charge in [0.25, 0.3) is 11.1 Å². The third kappa shape index (κ3) is 4.67. The Morgan fingerprint density at radius 2 is 2.00 bits per heavy atom. The van der Waals surface area contributed by atoms with Crippen molar-refractivity contribution < 1.29 is 18.5 Å². The summed E-state index contributed by atoms with van der Waals surface area (Å²) in [5.41, 5.74) is 2.32. The van der Waals surface area contributed by atoms with Gasteiger partial charge in [-0.15, -0.1) is 10.2 Å². The van der Waals surface area contributed by atoms with Crippen LogP contribution in [-0.2, 0) is 6.61 Å². The molecule has 3 heterocycles. The first-order chi connectivity index (χ1) is 14.9. The van der Waals surface area contributed by atoms with E-state index in [2.05, 4.69) is 15.4 Å². The average Bonchev–Trinajstić information content (AvgIpc) is 3.45. The van der Waals surface area contributed by atoms with Gasteiger partial charge < -0.3 is 13.7 Å². The van der Waals surface area contributed by atoms with Crippen LogP contribution >= 0.6 is 23.4 Å². The van der Waals surface area contributed by atoms with Crippen molar-refractivity contribution in [1.82, 2.24) is 19.9 Å². The molecular weight excluding hydrogens is 440 g/mol. The number of ketones is 1. The third-order valence-electron chi connectivity index (χ3n) is 4.54. The van der Waals surface area contributed by atoms with E-state index in [4.69, 9.17) is 25.3 Å². The molecule has 0 aliphatic rings. The molecule has 0 fully saturated rings. The Morgan fingerprint density at radius 3 is 2.74 bits per heavy atom. The number of hydrogen-bond acceptors (Lipinski definition) is 8. The van der Waals surface area contributed by atoms with Crippen molar-refractivity contribution in [3.63, 3.8) is 0 Å².